The van der Waals surface area contributed by atoms with Crippen LogP contribution in [0.4, 0.5) is 11.4 Å². The number of sulfonamides is 1. The van der Waals surface area contributed by atoms with Crippen molar-refractivity contribution in [3.63, 3.8) is 0 Å². The van der Waals surface area contributed by atoms with Crippen molar-refractivity contribution in [2.24, 2.45) is 0 Å². The van der Waals surface area contributed by atoms with Gasteiger partial charge < -0.3 is 4.90 Å². The van der Waals surface area contributed by atoms with E-state index in [0.717, 1.165) is 5.69 Å². The van der Waals surface area contributed by atoms with Gasteiger partial charge in [0.25, 0.3) is 10.0 Å². The smallest absolute Gasteiger partial charge is 0.264 e. The zero-order valence-electron chi connectivity index (χ0n) is 12.5. The van der Waals surface area contributed by atoms with Crippen LogP contribution in [0.1, 0.15) is 6.92 Å². The van der Waals surface area contributed by atoms with E-state index in [4.69, 9.17) is 0 Å². The predicted molar refractivity (Wildman–Crippen MR) is 87.4 cm³/mol. The standard InChI is InChI=1S/C16H20N2O2S/c1-4-18(15-10-8-9-14(13-15)17(2)3)21(19,20)16-11-6-5-7-12-16/h5-13H,4H2,1-3H3. The van der Waals surface area contributed by atoms with Crippen LogP contribution < -0.4 is 9.21 Å². The van der Waals surface area contributed by atoms with E-state index in [-0.39, 0.29) is 0 Å². The second kappa shape index (κ2) is 6.18. The van der Waals surface area contributed by atoms with E-state index in [1.807, 2.05) is 56.3 Å². The van der Waals surface area contributed by atoms with Crippen molar-refractivity contribution in [1.82, 2.24) is 0 Å². The quantitative estimate of drug-likeness (QED) is 0.852. The van der Waals surface area contributed by atoms with E-state index in [1.54, 1.807) is 24.3 Å². The fraction of sp³-hybridized carbons (Fsp3) is 0.250. The molecule has 0 radical (unpaired) electrons. The van der Waals surface area contributed by atoms with Gasteiger partial charge in [-0.15, -0.1) is 0 Å². The molecule has 0 atom stereocenters. The number of rotatable bonds is 5. The molecule has 2 aromatic rings. The molecule has 2 rings (SSSR count). The molecule has 0 spiro atoms. The molecule has 0 bridgehead atoms. The van der Waals surface area contributed by atoms with Crippen LogP contribution in [0.25, 0.3) is 0 Å². The SMILES string of the molecule is CCN(c1cccc(N(C)C)c1)S(=O)(=O)c1ccccc1. The molecule has 0 saturated heterocycles. The van der Waals surface area contributed by atoms with Gasteiger partial charge in [-0.25, -0.2) is 8.42 Å². The Bertz CT molecular complexity index is 697. The Kier molecular flexibility index (Phi) is 4.53. The third-order valence-electron chi connectivity index (χ3n) is 3.25. The van der Waals surface area contributed by atoms with Gasteiger partial charge in [0.15, 0.2) is 0 Å². The second-order valence-corrected chi connectivity index (χ2v) is 6.76. The van der Waals surface area contributed by atoms with Gasteiger partial charge in [0, 0.05) is 26.3 Å². The molecule has 0 aliphatic heterocycles. The summed E-state index contributed by atoms with van der Waals surface area (Å²) in [6, 6.07) is 16.0. The molecular weight excluding hydrogens is 284 g/mol. The molecule has 4 nitrogen and oxygen atoms in total. The lowest BCUT2D eigenvalue weighted by atomic mass is 10.2. The number of hydrogen-bond donors (Lipinski definition) is 0. The van der Waals surface area contributed by atoms with Gasteiger partial charge in [-0.2, -0.15) is 0 Å². The monoisotopic (exact) mass is 304 g/mol. The van der Waals surface area contributed by atoms with Crippen LogP contribution in [0.15, 0.2) is 59.5 Å². The summed E-state index contributed by atoms with van der Waals surface area (Å²) in [6.45, 7) is 2.22. The molecule has 0 aromatic heterocycles. The molecule has 0 heterocycles. The van der Waals surface area contributed by atoms with E-state index in [2.05, 4.69) is 0 Å². The fourth-order valence-electron chi connectivity index (χ4n) is 2.14. The molecule has 5 heteroatoms. The molecule has 0 unspecified atom stereocenters. The van der Waals surface area contributed by atoms with Crippen molar-refractivity contribution < 1.29 is 8.42 Å². The zero-order valence-corrected chi connectivity index (χ0v) is 13.3. The zero-order chi connectivity index (χ0) is 15.5. The highest BCUT2D eigenvalue weighted by molar-refractivity contribution is 7.92. The lowest BCUT2D eigenvalue weighted by Gasteiger charge is -2.24. The minimum atomic E-state index is -3.53. The maximum atomic E-state index is 12.8. The van der Waals surface area contributed by atoms with Gasteiger partial charge in [-0.3, -0.25) is 4.31 Å². The maximum absolute atomic E-state index is 12.8. The Labute approximate surface area is 126 Å². The van der Waals surface area contributed by atoms with Gasteiger partial charge >= 0.3 is 0 Å². The molecule has 0 saturated carbocycles. The van der Waals surface area contributed by atoms with Crippen molar-refractivity contribution >= 4 is 21.4 Å². The minimum absolute atomic E-state index is 0.308. The molecule has 0 aliphatic rings. The van der Waals surface area contributed by atoms with Crippen LogP contribution in [0.5, 0.6) is 0 Å². The van der Waals surface area contributed by atoms with Crippen LogP contribution in [-0.4, -0.2) is 29.1 Å². The van der Waals surface area contributed by atoms with Crippen molar-refractivity contribution in [2.45, 2.75) is 11.8 Å². The second-order valence-electron chi connectivity index (χ2n) is 4.90. The number of anilines is 2. The van der Waals surface area contributed by atoms with E-state index in [9.17, 15) is 8.42 Å². The minimum Gasteiger partial charge on any atom is -0.378 e. The van der Waals surface area contributed by atoms with Gasteiger partial charge in [0.2, 0.25) is 0 Å². The molecular formula is C16H20N2O2S. The first-order chi connectivity index (χ1) is 9.96. The summed E-state index contributed by atoms with van der Waals surface area (Å²) in [4.78, 5) is 2.26. The molecule has 0 aliphatic carbocycles. The van der Waals surface area contributed by atoms with E-state index in [0.29, 0.717) is 17.1 Å². The summed E-state index contributed by atoms with van der Waals surface area (Å²) in [5.41, 5.74) is 1.64. The summed E-state index contributed by atoms with van der Waals surface area (Å²) in [7, 11) is 0.331. The van der Waals surface area contributed by atoms with Gasteiger partial charge in [-0.05, 0) is 37.3 Å². The van der Waals surface area contributed by atoms with Crippen molar-refractivity contribution in [3.05, 3.63) is 54.6 Å². The summed E-state index contributed by atoms with van der Waals surface area (Å²) in [6.07, 6.45) is 0. The Morgan fingerprint density at radius 3 is 2.10 bits per heavy atom. The average molecular weight is 304 g/mol. The van der Waals surface area contributed by atoms with E-state index in [1.165, 1.54) is 4.31 Å². The van der Waals surface area contributed by atoms with Gasteiger partial charge in [-0.1, -0.05) is 24.3 Å². The third kappa shape index (κ3) is 3.19. The molecule has 0 fully saturated rings. The normalized spacial score (nSPS) is 11.2. The number of nitrogens with zero attached hydrogens (tertiary/aromatic N) is 2. The van der Waals surface area contributed by atoms with Crippen LogP contribution in [0.2, 0.25) is 0 Å². The molecule has 0 amide bonds. The highest BCUT2D eigenvalue weighted by atomic mass is 32.2. The van der Waals surface area contributed by atoms with Crippen molar-refractivity contribution in [2.75, 3.05) is 29.8 Å². The molecule has 112 valence electrons. The van der Waals surface area contributed by atoms with E-state index < -0.39 is 10.0 Å². The Morgan fingerprint density at radius 2 is 1.52 bits per heavy atom. The predicted octanol–water partition coefficient (Wildman–Crippen LogP) is 2.97. The summed E-state index contributed by atoms with van der Waals surface area (Å²) in [5, 5.41) is 0. The summed E-state index contributed by atoms with van der Waals surface area (Å²) < 4.78 is 26.9. The van der Waals surface area contributed by atoms with E-state index >= 15 is 0 Å². The highest BCUT2D eigenvalue weighted by Gasteiger charge is 2.23. The van der Waals surface area contributed by atoms with Crippen LogP contribution >= 0.6 is 0 Å². The Balaban J connectivity index is 2.47. The lowest BCUT2D eigenvalue weighted by Crippen LogP contribution is -2.30. The van der Waals surface area contributed by atoms with Crippen LogP contribution in [0.3, 0.4) is 0 Å². The van der Waals surface area contributed by atoms with Crippen molar-refractivity contribution in [1.29, 1.82) is 0 Å². The van der Waals surface area contributed by atoms with Crippen molar-refractivity contribution in [3.8, 4) is 0 Å². The molecule has 0 N–H and O–H groups in total. The first-order valence-corrected chi connectivity index (χ1v) is 8.26. The Hall–Kier alpha value is -2.01. The van der Waals surface area contributed by atoms with Crippen LogP contribution in [-0.2, 0) is 10.0 Å². The van der Waals surface area contributed by atoms with Gasteiger partial charge in [0.1, 0.15) is 0 Å². The number of hydrogen-bond acceptors (Lipinski definition) is 3. The Morgan fingerprint density at radius 1 is 0.905 bits per heavy atom. The van der Waals surface area contributed by atoms with Crippen LogP contribution in [0, 0.1) is 0 Å². The third-order valence-corrected chi connectivity index (χ3v) is 5.17. The first-order valence-electron chi connectivity index (χ1n) is 6.82. The van der Waals surface area contributed by atoms with Gasteiger partial charge in [0.05, 0.1) is 10.6 Å². The highest BCUT2D eigenvalue weighted by Crippen LogP contribution is 2.26. The average Bonchev–Trinajstić information content (AvgIpc) is 2.49. The fourth-order valence-corrected chi connectivity index (χ4v) is 3.62. The lowest BCUT2D eigenvalue weighted by molar-refractivity contribution is 0.592. The largest absolute Gasteiger partial charge is 0.378 e. The maximum Gasteiger partial charge on any atom is 0.264 e. The molecule has 2 aromatic carbocycles. The number of benzene rings is 2. The first kappa shape index (κ1) is 15.4. The summed E-state index contributed by atoms with van der Waals surface area (Å²) in [5.74, 6) is 0. The molecule has 21 heavy (non-hydrogen) atoms. The summed E-state index contributed by atoms with van der Waals surface area (Å²) >= 11 is 0. The topological polar surface area (TPSA) is 40.6 Å².